The zero-order valence-electron chi connectivity index (χ0n) is 12.5. The van der Waals surface area contributed by atoms with Crippen LogP contribution < -0.4 is 5.32 Å². The monoisotopic (exact) mass is 267 g/mol. The normalized spacial score (nSPS) is 12.8. The molecule has 0 saturated carbocycles. The van der Waals surface area contributed by atoms with Gasteiger partial charge in [-0.1, -0.05) is 13.8 Å². The molecule has 1 aromatic heterocycles. The lowest BCUT2D eigenvalue weighted by atomic mass is 10.0. The maximum Gasteiger partial charge on any atom is 0.224 e. The van der Waals surface area contributed by atoms with Gasteiger partial charge < -0.3 is 10.4 Å². The second kappa shape index (κ2) is 6.70. The average Bonchev–Trinajstić information content (AvgIpc) is 2.54. The topological polar surface area (TPSA) is 67.2 Å². The Morgan fingerprint density at radius 2 is 2.05 bits per heavy atom. The van der Waals surface area contributed by atoms with Crippen LogP contribution in [0.1, 0.15) is 37.2 Å². The number of aryl methyl sites for hydroxylation is 2. The van der Waals surface area contributed by atoms with Crippen molar-refractivity contribution in [3.63, 3.8) is 0 Å². The first-order valence-corrected chi connectivity index (χ1v) is 6.74. The summed E-state index contributed by atoms with van der Waals surface area (Å²) in [6.45, 7) is 8.00. The molecule has 0 radical (unpaired) electrons. The van der Waals surface area contributed by atoms with Gasteiger partial charge in [0.05, 0.1) is 24.8 Å². The van der Waals surface area contributed by atoms with Gasteiger partial charge in [0.15, 0.2) is 0 Å². The van der Waals surface area contributed by atoms with Crippen LogP contribution in [-0.2, 0) is 18.3 Å². The van der Waals surface area contributed by atoms with Crippen LogP contribution in [0.4, 0.5) is 0 Å². The summed E-state index contributed by atoms with van der Waals surface area (Å²) in [6.07, 6.45) is 1.10. The standard InChI is InChI=1S/C14H25N3O2/c1-9(2)6-12(8-18)15-14(19)7-13-10(3)16-17(5)11(13)4/h9,12,18H,6-8H2,1-5H3,(H,15,19). The van der Waals surface area contributed by atoms with Crippen LogP contribution in [0.2, 0.25) is 0 Å². The van der Waals surface area contributed by atoms with Crippen LogP contribution in [-0.4, -0.2) is 33.4 Å². The predicted molar refractivity (Wildman–Crippen MR) is 74.9 cm³/mol. The molecule has 1 unspecified atom stereocenters. The van der Waals surface area contributed by atoms with E-state index in [1.807, 2.05) is 20.9 Å². The summed E-state index contributed by atoms with van der Waals surface area (Å²) in [4.78, 5) is 12.0. The Morgan fingerprint density at radius 3 is 2.47 bits per heavy atom. The summed E-state index contributed by atoms with van der Waals surface area (Å²) in [7, 11) is 1.87. The van der Waals surface area contributed by atoms with Crippen molar-refractivity contribution in [3.05, 3.63) is 17.0 Å². The molecule has 0 saturated heterocycles. The molecule has 0 aliphatic rings. The molecular formula is C14H25N3O2. The molecule has 1 atom stereocenters. The Kier molecular flexibility index (Phi) is 5.54. The SMILES string of the molecule is Cc1nn(C)c(C)c1CC(=O)NC(CO)CC(C)C. The Balaban J connectivity index is 2.64. The van der Waals surface area contributed by atoms with E-state index in [0.29, 0.717) is 12.3 Å². The van der Waals surface area contributed by atoms with Crippen LogP contribution >= 0.6 is 0 Å². The fourth-order valence-electron chi connectivity index (χ4n) is 2.26. The number of aliphatic hydroxyl groups excluding tert-OH is 1. The minimum Gasteiger partial charge on any atom is -0.394 e. The third-order valence-corrected chi connectivity index (χ3v) is 3.34. The first kappa shape index (κ1) is 15.7. The second-order valence-electron chi connectivity index (χ2n) is 5.53. The molecule has 0 aliphatic heterocycles. The van der Waals surface area contributed by atoms with E-state index in [0.717, 1.165) is 23.4 Å². The molecule has 0 bridgehead atoms. The number of aromatic nitrogens is 2. The predicted octanol–water partition coefficient (Wildman–Crippen LogP) is 1.10. The van der Waals surface area contributed by atoms with E-state index >= 15 is 0 Å². The lowest BCUT2D eigenvalue weighted by molar-refractivity contribution is -0.121. The molecule has 5 heteroatoms. The van der Waals surface area contributed by atoms with Gasteiger partial charge in [0.2, 0.25) is 5.91 Å². The van der Waals surface area contributed by atoms with Gasteiger partial charge >= 0.3 is 0 Å². The van der Waals surface area contributed by atoms with Crippen molar-refractivity contribution >= 4 is 5.91 Å². The molecule has 108 valence electrons. The molecule has 0 aliphatic carbocycles. The van der Waals surface area contributed by atoms with Crippen LogP contribution in [0.3, 0.4) is 0 Å². The molecule has 0 fully saturated rings. The Hall–Kier alpha value is -1.36. The Bertz CT molecular complexity index is 438. The number of aliphatic hydroxyl groups is 1. The van der Waals surface area contributed by atoms with E-state index in [-0.39, 0.29) is 18.6 Å². The quantitative estimate of drug-likeness (QED) is 0.811. The maximum atomic E-state index is 12.0. The molecular weight excluding hydrogens is 242 g/mol. The summed E-state index contributed by atoms with van der Waals surface area (Å²) in [5.74, 6) is 0.387. The largest absolute Gasteiger partial charge is 0.394 e. The minimum atomic E-state index is -0.162. The van der Waals surface area contributed by atoms with Gasteiger partial charge in [0.25, 0.3) is 0 Å². The smallest absolute Gasteiger partial charge is 0.224 e. The van der Waals surface area contributed by atoms with Crippen molar-refractivity contribution in [1.29, 1.82) is 0 Å². The summed E-state index contributed by atoms with van der Waals surface area (Å²) in [5.41, 5.74) is 2.87. The molecule has 1 rings (SSSR count). The molecule has 0 spiro atoms. The maximum absolute atomic E-state index is 12.0. The zero-order valence-corrected chi connectivity index (χ0v) is 12.5. The summed E-state index contributed by atoms with van der Waals surface area (Å²) >= 11 is 0. The Morgan fingerprint density at radius 1 is 1.42 bits per heavy atom. The number of carbonyl (C=O) groups is 1. The van der Waals surface area contributed by atoms with Crippen LogP contribution in [0.15, 0.2) is 0 Å². The van der Waals surface area contributed by atoms with Gasteiger partial charge in [-0.05, 0) is 26.2 Å². The van der Waals surface area contributed by atoms with Crippen molar-refractivity contribution < 1.29 is 9.90 Å². The van der Waals surface area contributed by atoms with Gasteiger partial charge in [0, 0.05) is 18.3 Å². The molecule has 1 heterocycles. The fourth-order valence-corrected chi connectivity index (χ4v) is 2.26. The first-order valence-electron chi connectivity index (χ1n) is 6.74. The summed E-state index contributed by atoms with van der Waals surface area (Å²) in [5, 5.41) is 16.5. The minimum absolute atomic E-state index is 0.0189. The third-order valence-electron chi connectivity index (χ3n) is 3.34. The van der Waals surface area contributed by atoms with Gasteiger partial charge in [-0.25, -0.2) is 0 Å². The van der Waals surface area contributed by atoms with Crippen molar-refractivity contribution in [3.8, 4) is 0 Å². The first-order chi connectivity index (χ1) is 8.85. The summed E-state index contributed by atoms with van der Waals surface area (Å²) < 4.78 is 1.79. The molecule has 1 aromatic rings. The lowest BCUT2D eigenvalue weighted by Gasteiger charge is -2.18. The van der Waals surface area contributed by atoms with Crippen molar-refractivity contribution in [2.24, 2.45) is 13.0 Å². The van der Waals surface area contributed by atoms with Crippen molar-refractivity contribution in [2.45, 2.75) is 46.6 Å². The van der Waals surface area contributed by atoms with E-state index in [2.05, 4.69) is 24.3 Å². The fraction of sp³-hybridized carbons (Fsp3) is 0.714. The summed E-state index contributed by atoms with van der Waals surface area (Å²) in [6, 6.07) is -0.162. The molecule has 1 amide bonds. The highest BCUT2D eigenvalue weighted by atomic mass is 16.3. The number of hydrogen-bond donors (Lipinski definition) is 2. The van der Waals surface area contributed by atoms with E-state index in [9.17, 15) is 9.90 Å². The van der Waals surface area contributed by atoms with Gasteiger partial charge in [0.1, 0.15) is 0 Å². The molecule has 2 N–H and O–H groups in total. The number of nitrogens with zero attached hydrogens (tertiary/aromatic N) is 2. The van der Waals surface area contributed by atoms with Crippen LogP contribution in [0.25, 0.3) is 0 Å². The number of rotatable bonds is 6. The second-order valence-corrected chi connectivity index (χ2v) is 5.53. The van der Waals surface area contributed by atoms with Crippen LogP contribution in [0, 0.1) is 19.8 Å². The van der Waals surface area contributed by atoms with Gasteiger partial charge in [-0.2, -0.15) is 5.10 Å². The number of amides is 1. The van der Waals surface area contributed by atoms with Gasteiger partial charge in [-0.15, -0.1) is 0 Å². The van der Waals surface area contributed by atoms with E-state index in [1.54, 1.807) is 4.68 Å². The molecule has 0 aromatic carbocycles. The van der Waals surface area contributed by atoms with E-state index < -0.39 is 0 Å². The van der Waals surface area contributed by atoms with Crippen molar-refractivity contribution in [1.82, 2.24) is 15.1 Å². The Labute approximate surface area is 115 Å². The van der Waals surface area contributed by atoms with E-state index in [1.165, 1.54) is 0 Å². The number of hydrogen-bond acceptors (Lipinski definition) is 3. The highest BCUT2D eigenvalue weighted by Crippen LogP contribution is 2.13. The lowest BCUT2D eigenvalue weighted by Crippen LogP contribution is -2.39. The highest BCUT2D eigenvalue weighted by Gasteiger charge is 2.17. The van der Waals surface area contributed by atoms with E-state index in [4.69, 9.17) is 0 Å². The number of carbonyl (C=O) groups excluding carboxylic acids is 1. The molecule has 19 heavy (non-hydrogen) atoms. The van der Waals surface area contributed by atoms with Crippen molar-refractivity contribution in [2.75, 3.05) is 6.61 Å². The third kappa shape index (κ3) is 4.35. The molecule has 5 nitrogen and oxygen atoms in total. The number of nitrogens with one attached hydrogen (secondary N) is 1. The van der Waals surface area contributed by atoms with Crippen LogP contribution in [0.5, 0.6) is 0 Å². The highest BCUT2D eigenvalue weighted by molar-refractivity contribution is 5.79. The van der Waals surface area contributed by atoms with Gasteiger partial charge in [-0.3, -0.25) is 9.48 Å². The average molecular weight is 267 g/mol. The zero-order chi connectivity index (χ0) is 14.6.